The number of hydrogen-bond donors (Lipinski definition) is 3. The Hall–Kier alpha value is -2.41. The normalized spacial score (nSPS) is 11.7. The molecule has 0 saturated carbocycles. The van der Waals surface area contributed by atoms with E-state index in [1.54, 1.807) is 12.1 Å². The fraction of sp³-hybridized carbons (Fsp3) is 0.182. The van der Waals surface area contributed by atoms with E-state index in [9.17, 15) is 0 Å². The van der Waals surface area contributed by atoms with Crippen molar-refractivity contribution < 1.29 is 9.73 Å². The van der Waals surface area contributed by atoms with Gasteiger partial charge < -0.3 is 20.8 Å². The van der Waals surface area contributed by atoms with Crippen molar-refractivity contribution in [3.8, 4) is 0 Å². The van der Waals surface area contributed by atoms with Crippen LogP contribution in [-0.4, -0.2) is 21.2 Å². The van der Waals surface area contributed by atoms with Gasteiger partial charge in [0.15, 0.2) is 11.7 Å². The first-order valence-corrected chi connectivity index (χ1v) is 5.32. The van der Waals surface area contributed by atoms with E-state index in [4.69, 9.17) is 10.9 Å². The van der Waals surface area contributed by atoms with Gasteiger partial charge >= 0.3 is 0 Å². The number of rotatable bonds is 5. The van der Waals surface area contributed by atoms with Crippen molar-refractivity contribution >= 4 is 5.84 Å². The van der Waals surface area contributed by atoms with Crippen LogP contribution >= 0.6 is 0 Å². The first kappa shape index (κ1) is 12.1. The molecule has 0 spiro atoms. The van der Waals surface area contributed by atoms with Gasteiger partial charge in [-0.2, -0.15) is 4.98 Å². The molecule has 1 heterocycles. The van der Waals surface area contributed by atoms with E-state index >= 15 is 0 Å². The molecule has 4 N–H and O–H groups in total. The van der Waals surface area contributed by atoms with Crippen molar-refractivity contribution in [2.75, 3.05) is 0 Å². The molecule has 7 heteroatoms. The standard InChI is InChI=1S/C11H13N5O2/c12-11(15-17)9-3-1-8(2-4-9)5-13-6-10-14-7-18-16-10/h1-4,7,13,17H,5-6H2,(H2,12,15). The highest BCUT2D eigenvalue weighted by Gasteiger charge is 2.00. The Kier molecular flexibility index (Phi) is 3.87. The van der Waals surface area contributed by atoms with Gasteiger partial charge in [0.05, 0.1) is 6.54 Å². The van der Waals surface area contributed by atoms with Crippen molar-refractivity contribution in [2.45, 2.75) is 13.1 Å². The van der Waals surface area contributed by atoms with Crippen LogP contribution in [0.1, 0.15) is 17.0 Å². The maximum atomic E-state index is 8.53. The van der Waals surface area contributed by atoms with Crippen LogP contribution in [0, 0.1) is 0 Å². The predicted molar refractivity (Wildman–Crippen MR) is 63.8 cm³/mol. The van der Waals surface area contributed by atoms with Gasteiger partial charge in [0.25, 0.3) is 0 Å². The lowest BCUT2D eigenvalue weighted by molar-refractivity contribution is 0.318. The van der Waals surface area contributed by atoms with Crippen molar-refractivity contribution in [2.24, 2.45) is 10.9 Å². The second-order valence-electron chi connectivity index (χ2n) is 3.63. The maximum Gasteiger partial charge on any atom is 0.213 e. The van der Waals surface area contributed by atoms with Gasteiger partial charge in [0.2, 0.25) is 6.39 Å². The lowest BCUT2D eigenvalue weighted by Gasteiger charge is -2.04. The van der Waals surface area contributed by atoms with Crippen molar-refractivity contribution in [3.05, 3.63) is 47.6 Å². The lowest BCUT2D eigenvalue weighted by atomic mass is 10.1. The molecule has 18 heavy (non-hydrogen) atoms. The summed E-state index contributed by atoms with van der Waals surface area (Å²) in [6, 6.07) is 7.38. The summed E-state index contributed by atoms with van der Waals surface area (Å²) in [5.41, 5.74) is 7.22. The van der Waals surface area contributed by atoms with Crippen LogP contribution in [0.25, 0.3) is 0 Å². The second kappa shape index (κ2) is 5.78. The van der Waals surface area contributed by atoms with E-state index in [-0.39, 0.29) is 5.84 Å². The zero-order valence-corrected chi connectivity index (χ0v) is 9.58. The van der Waals surface area contributed by atoms with Gasteiger partial charge in [-0.25, -0.2) is 0 Å². The van der Waals surface area contributed by atoms with Gasteiger partial charge in [0.1, 0.15) is 0 Å². The molecule has 7 nitrogen and oxygen atoms in total. The number of benzene rings is 1. The predicted octanol–water partition coefficient (Wildman–Crippen LogP) is 0.454. The molecule has 2 aromatic rings. The van der Waals surface area contributed by atoms with E-state index in [0.717, 1.165) is 5.56 Å². The number of nitrogens with one attached hydrogen (secondary N) is 1. The summed E-state index contributed by atoms with van der Waals surface area (Å²) >= 11 is 0. The average Bonchev–Trinajstić information content (AvgIpc) is 2.92. The molecule has 94 valence electrons. The number of nitrogens with two attached hydrogens (primary N) is 1. The van der Waals surface area contributed by atoms with Gasteiger partial charge in [-0.15, -0.1) is 0 Å². The minimum atomic E-state index is 0.0984. The molecule has 0 bridgehead atoms. The van der Waals surface area contributed by atoms with Crippen LogP contribution in [0.15, 0.2) is 40.3 Å². The molecular formula is C11H13N5O2. The third-order valence-corrected chi connectivity index (χ3v) is 2.38. The third kappa shape index (κ3) is 3.05. The molecule has 0 aliphatic carbocycles. The Morgan fingerprint density at radius 2 is 2.11 bits per heavy atom. The summed E-state index contributed by atoms with van der Waals surface area (Å²) in [7, 11) is 0. The first-order chi connectivity index (χ1) is 8.79. The molecule has 0 amide bonds. The Balaban J connectivity index is 1.87. The number of oxime groups is 1. The number of hydrogen-bond acceptors (Lipinski definition) is 6. The fourth-order valence-corrected chi connectivity index (χ4v) is 1.44. The van der Waals surface area contributed by atoms with Crippen LogP contribution in [0.3, 0.4) is 0 Å². The average molecular weight is 247 g/mol. The summed E-state index contributed by atoms with van der Waals surface area (Å²) in [6.07, 6.45) is 1.29. The van der Waals surface area contributed by atoms with E-state index in [1.165, 1.54) is 6.39 Å². The quantitative estimate of drug-likeness (QED) is 0.306. The molecule has 0 saturated heterocycles. The zero-order valence-electron chi connectivity index (χ0n) is 9.58. The van der Waals surface area contributed by atoms with Gasteiger partial charge in [-0.3, -0.25) is 0 Å². The van der Waals surface area contributed by atoms with Crippen LogP contribution in [0.2, 0.25) is 0 Å². The van der Waals surface area contributed by atoms with E-state index in [2.05, 4.69) is 25.1 Å². The zero-order chi connectivity index (χ0) is 12.8. The van der Waals surface area contributed by atoms with E-state index in [0.29, 0.717) is 24.5 Å². The number of amidine groups is 1. The second-order valence-corrected chi connectivity index (χ2v) is 3.63. The smallest absolute Gasteiger partial charge is 0.213 e. The maximum absolute atomic E-state index is 8.53. The molecule has 0 fully saturated rings. The molecular weight excluding hydrogens is 234 g/mol. The van der Waals surface area contributed by atoms with E-state index in [1.807, 2.05) is 12.1 Å². The summed E-state index contributed by atoms with van der Waals surface area (Å²) < 4.78 is 4.62. The molecule has 0 aliphatic rings. The monoisotopic (exact) mass is 247 g/mol. The van der Waals surface area contributed by atoms with Crippen LogP contribution in [0.4, 0.5) is 0 Å². The lowest BCUT2D eigenvalue weighted by Crippen LogP contribution is -2.15. The Labute approximate surface area is 103 Å². The largest absolute Gasteiger partial charge is 0.409 e. The van der Waals surface area contributed by atoms with E-state index < -0.39 is 0 Å². The molecule has 0 radical (unpaired) electrons. The van der Waals surface area contributed by atoms with Gasteiger partial charge in [-0.1, -0.05) is 34.6 Å². The molecule has 0 aliphatic heterocycles. The summed E-state index contributed by atoms with van der Waals surface area (Å²) in [6.45, 7) is 1.21. The topological polar surface area (TPSA) is 110 Å². The third-order valence-electron chi connectivity index (χ3n) is 2.38. The van der Waals surface area contributed by atoms with Crippen LogP contribution in [-0.2, 0) is 13.1 Å². The minimum Gasteiger partial charge on any atom is -0.409 e. The highest BCUT2D eigenvalue weighted by atomic mass is 16.5. The van der Waals surface area contributed by atoms with Crippen molar-refractivity contribution in [1.29, 1.82) is 0 Å². The Morgan fingerprint density at radius 1 is 1.33 bits per heavy atom. The summed E-state index contributed by atoms with van der Waals surface area (Å²) in [5, 5.41) is 18.3. The Bertz CT molecular complexity index is 507. The highest BCUT2D eigenvalue weighted by Crippen LogP contribution is 2.04. The van der Waals surface area contributed by atoms with Crippen LogP contribution < -0.4 is 11.1 Å². The fourth-order valence-electron chi connectivity index (χ4n) is 1.44. The molecule has 0 atom stereocenters. The number of nitrogens with zero attached hydrogens (tertiary/aromatic N) is 3. The highest BCUT2D eigenvalue weighted by molar-refractivity contribution is 5.96. The van der Waals surface area contributed by atoms with Crippen molar-refractivity contribution in [3.63, 3.8) is 0 Å². The summed E-state index contributed by atoms with van der Waals surface area (Å²) in [5.74, 6) is 0.713. The van der Waals surface area contributed by atoms with Gasteiger partial charge in [0, 0.05) is 12.1 Å². The van der Waals surface area contributed by atoms with Gasteiger partial charge in [-0.05, 0) is 5.56 Å². The van der Waals surface area contributed by atoms with Crippen LogP contribution in [0.5, 0.6) is 0 Å². The first-order valence-electron chi connectivity index (χ1n) is 5.32. The number of aromatic nitrogens is 2. The summed E-state index contributed by atoms with van der Waals surface area (Å²) in [4.78, 5) is 3.90. The molecule has 0 unspecified atom stereocenters. The Morgan fingerprint density at radius 3 is 2.72 bits per heavy atom. The van der Waals surface area contributed by atoms with Crippen molar-refractivity contribution in [1.82, 2.24) is 15.5 Å². The molecule has 2 rings (SSSR count). The molecule has 1 aromatic heterocycles. The SMILES string of the molecule is N/C(=N/O)c1ccc(CNCc2ncon2)cc1. The molecule has 1 aromatic carbocycles. The minimum absolute atomic E-state index is 0.0984.